The number of nitrogens with one attached hydrogen (secondary N) is 4. The maximum absolute atomic E-state index is 14.7. The molecule has 0 saturated heterocycles. The van der Waals surface area contributed by atoms with E-state index in [0.29, 0.717) is 58.2 Å². The fraction of sp³-hybridized carbons (Fsp3) is 0.250. The number of carbonyl (C=O) groups excluding carboxylic acids is 1. The van der Waals surface area contributed by atoms with E-state index in [2.05, 4.69) is 45.7 Å². The van der Waals surface area contributed by atoms with Gasteiger partial charge in [-0.3, -0.25) is 14.9 Å². The number of aromatic amines is 2. The first-order chi connectivity index (χ1) is 21.2. The van der Waals surface area contributed by atoms with Crippen LogP contribution in [0.25, 0.3) is 56.0 Å². The molecular formula is C32H33FN10O. The van der Waals surface area contributed by atoms with Crippen molar-refractivity contribution in [1.82, 2.24) is 40.0 Å². The van der Waals surface area contributed by atoms with Crippen molar-refractivity contribution in [3.8, 4) is 33.8 Å². The fourth-order valence-corrected chi connectivity index (χ4v) is 5.02. The smallest absolute Gasteiger partial charge is 0.224 e. The van der Waals surface area contributed by atoms with Crippen LogP contribution in [0.2, 0.25) is 0 Å². The number of likely N-dealkylation sites (N-methyl/N-ethyl adjacent to an activating group) is 1. The first-order valence-corrected chi connectivity index (χ1v) is 14.4. The highest BCUT2D eigenvalue weighted by Gasteiger charge is 2.18. The van der Waals surface area contributed by atoms with E-state index < -0.39 is 0 Å². The number of benzene rings is 1. The standard InChI is InChI=1S/C32H33FN10O/c1-18(2)9-27(44)38-24-12-20(15-34-17-24)21-13-26-29(41-42-30(26)37-16-21)32-39-28-25(5-6-36-31(28)40-32)19-10-22(33)14-23(11-19)35-7-8-43(3)4/h5-6,10-18,35H,7-9H2,1-4H3,(H,38,44)(H,36,39,40)(H,37,41,42). The molecule has 0 saturated carbocycles. The molecule has 44 heavy (non-hydrogen) atoms. The number of hydrogen-bond donors (Lipinski definition) is 4. The van der Waals surface area contributed by atoms with Crippen LogP contribution in [-0.4, -0.2) is 73.1 Å². The Hall–Kier alpha value is -5.23. The van der Waals surface area contributed by atoms with E-state index in [-0.39, 0.29) is 17.6 Å². The second-order valence-electron chi connectivity index (χ2n) is 11.4. The number of fused-ring (bicyclic) bond motifs is 2. The molecule has 0 fully saturated rings. The minimum absolute atomic E-state index is 0.0578. The molecule has 0 aliphatic heterocycles. The quantitative estimate of drug-likeness (QED) is 0.158. The summed E-state index contributed by atoms with van der Waals surface area (Å²) in [7, 11) is 3.98. The van der Waals surface area contributed by atoms with Gasteiger partial charge in [-0.2, -0.15) is 5.10 Å². The Morgan fingerprint density at radius 2 is 1.80 bits per heavy atom. The molecule has 5 heterocycles. The number of amides is 1. The summed E-state index contributed by atoms with van der Waals surface area (Å²) in [5.74, 6) is 0.352. The molecular weight excluding hydrogens is 559 g/mol. The molecule has 1 aromatic carbocycles. The minimum Gasteiger partial charge on any atom is -0.384 e. The molecule has 0 atom stereocenters. The maximum Gasteiger partial charge on any atom is 0.224 e. The predicted octanol–water partition coefficient (Wildman–Crippen LogP) is 5.72. The Kier molecular flexibility index (Phi) is 7.99. The van der Waals surface area contributed by atoms with Crippen molar-refractivity contribution < 1.29 is 9.18 Å². The molecule has 0 spiro atoms. The van der Waals surface area contributed by atoms with Gasteiger partial charge in [0.1, 0.15) is 17.0 Å². The number of imidazole rings is 1. The zero-order valence-corrected chi connectivity index (χ0v) is 24.9. The Morgan fingerprint density at radius 3 is 2.61 bits per heavy atom. The van der Waals surface area contributed by atoms with E-state index in [0.717, 1.165) is 28.6 Å². The summed E-state index contributed by atoms with van der Waals surface area (Å²) in [5, 5.41) is 14.4. The van der Waals surface area contributed by atoms with E-state index in [4.69, 9.17) is 4.98 Å². The third-order valence-electron chi connectivity index (χ3n) is 7.07. The van der Waals surface area contributed by atoms with Gasteiger partial charge in [0.25, 0.3) is 0 Å². The van der Waals surface area contributed by atoms with Crippen molar-refractivity contribution in [3.05, 3.63) is 67.0 Å². The Morgan fingerprint density at radius 1 is 0.977 bits per heavy atom. The second-order valence-corrected chi connectivity index (χ2v) is 11.4. The Balaban J connectivity index is 1.33. The van der Waals surface area contributed by atoms with Gasteiger partial charge in [-0.1, -0.05) is 13.8 Å². The lowest BCUT2D eigenvalue weighted by Gasteiger charge is -2.12. The van der Waals surface area contributed by atoms with Crippen molar-refractivity contribution in [2.75, 3.05) is 37.8 Å². The maximum atomic E-state index is 14.7. The van der Waals surface area contributed by atoms with E-state index in [9.17, 15) is 9.18 Å². The molecule has 0 aliphatic carbocycles. The molecule has 4 N–H and O–H groups in total. The van der Waals surface area contributed by atoms with E-state index >= 15 is 0 Å². The molecule has 1 amide bonds. The highest BCUT2D eigenvalue weighted by molar-refractivity contribution is 5.96. The van der Waals surface area contributed by atoms with Crippen molar-refractivity contribution >= 4 is 39.5 Å². The molecule has 0 radical (unpaired) electrons. The van der Waals surface area contributed by atoms with Gasteiger partial charge in [0, 0.05) is 60.5 Å². The summed E-state index contributed by atoms with van der Waals surface area (Å²) in [4.78, 5) is 35.9. The highest BCUT2D eigenvalue weighted by atomic mass is 19.1. The molecule has 5 aromatic heterocycles. The topological polar surface area (TPSA) is 140 Å². The van der Waals surface area contributed by atoms with Crippen LogP contribution in [0, 0.1) is 11.7 Å². The lowest BCUT2D eigenvalue weighted by atomic mass is 10.0. The normalized spacial score (nSPS) is 11.6. The Labute approximate surface area is 253 Å². The number of H-pyrrole nitrogens is 2. The van der Waals surface area contributed by atoms with Crippen molar-refractivity contribution in [2.24, 2.45) is 5.92 Å². The first kappa shape index (κ1) is 28.9. The molecule has 224 valence electrons. The van der Waals surface area contributed by atoms with Crippen molar-refractivity contribution in [1.29, 1.82) is 0 Å². The number of rotatable bonds is 10. The number of pyridine rings is 3. The van der Waals surface area contributed by atoms with Gasteiger partial charge in [-0.15, -0.1) is 0 Å². The molecule has 6 rings (SSSR count). The van der Waals surface area contributed by atoms with Gasteiger partial charge in [-0.25, -0.2) is 19.3 Å². The largest absolute Gasteiger partial charge is 0.384 e. The van der Waals surface area contributed by atoms with Gasteiger partial charge >= 0.3 is 0 Å². The van der Waals surface area contributed by atoms with Crippen LogP contribution in [0.15, 0.2) is 61.2 Å². The molecule has 11 nitrogen and oxygen atoms in total. The van der Waals surface area contributed by atoms with Crippen LogP contribution in [0.1, 0.15) is 20.3 Å². The summed E-state index contributed by atoms with van der Waals surface area (Å²) < 4.78 is 14.7. The average molecular weight is 593 g/mol. The van der Waals surface area contributed by atoms with E-state index in [1.54, 1.807) is 24.8 Å². The summed E-state index contributed by atoms with van der Waals surface area (Å²) >= 11 is 0. The van der Waals surface area contributed by atoms with Crippen LogP contribution in [-0.2, 0) is 4.79 Å². The van der Waals surface area contributed by atoms with Crippen LogP contribution in [0.4, 0.5) is 15.8 Å². The zero-order valence-electron chi connectivity index (χ0n) is 24.9. The van der Waals surface area contributed by atoms with Crippen LogP contribution < -0.4 is 10.6 Å². The molecule has 12 heteroatoms. The van der Waals surface area contributed by atoms with E-state index in [1.807, 2.05) is 52.2 Å². The summed E-state index contributed by atoms with van der Waals surface area (Å²) in [6, 6.07) is 10.5. The number of aromatic nitrogens is 7. The summed E-state index contributed by atoms with van der Waals surface area (Å²) in [5.41, 5.74) is 6.64. The van der Waals surface area contributed by atoms with Gasteiger partial charge < -0.3 is 20.5 Å². The fourth-order valence-electron chi connectivity index (χ4n) is 5.02. The molecule has 0 bridgehead atoms. The van der Waals surface area contributed by atoms with Gasteiger partial charge in [0.2, 0.25) is 5.91 Å². The molecule has 6 aromatic rings. The lowest BCUT2D eigenvalue weighted by Crippen LogP contribution is -2.20. The first-order valence-electron chi connectivity index (χ1n) is 14.4. The third-order valence-corrected chi connectivity index (χ3v) is 7.07. The molecule has 0 aliphatic rings. The van der Waals surface area contributed by atoms with E-state index in [1.165, 1.54) is 12.1 Å². The minimum atomic E-state index is -0.342. The second kappa shape index (κ2) is 12.2. The predicted molar refractivity (Wildman–Crippen MR) is 171 cm³/mol. The molecule has 0 unspecified atom stereocenters. The average Bonchev–Trinajstić information content (AvgIpc) is 3.60. The number of anilines is 2. The van der Waals surface area contributed by atoms with Crippen molar-refractivity contribution in [3.63, 3.8) is 0 Å². The Bertz CT molecular complexity index is 1960. The van der Waals surface area contributed by atoms with Gasteiger partial charge in [0.05, 0.1) is 17.3 Å². The third kappa shape index (κ3) is 6.25. The van der Waals surface area contributed by atoms with Crippen molar-refractivity contribution in [2.45, 2.75) is 20.3 Å². The zero-order chi connectivity index (χ0) is 30.8. The highest BCUT2D eigenvalue weighted by Crippen LogP contribution is 2.33. The summed E-state index contributed by atoms with van der Waals surface area (Å²) in [6.07, 6.45) is 7.18. The van der Waals surface area contributed by atoms with Crippen LogP contribution >= 0.6 is 0 Å². The van der Waals surface area contributed by atoms with Crippen LogP contribution in [0.3, 0.4) is 0 Å². The van der Waals surface area contributed by atoms with Gasteiger partial charge in [-0.05, 0) is 62.0 Å². The lowest BCUT2D eigenvalue weighted by molar-refractivity contribution is -0.116. The van der Waals surface area contributed by atoms with Gasteiger partial charge in [0.15, 0.2) is 17.1 Å². The SMILES string of the molecule is CC(C)CC(=O)Nc1cncc(-c2cnc3[nH]nc(-c4nc5c(-c6cc(F)cc(NCCN(C)C)c6)ccnc5[nH]4)c3c2)c1. The van der Waals surface area contributed by atoms with Crippen LogP contribution in [0.5, 0.6) is 0 Å². The summed E-state index contributed by atoms with van der Waals surface area (Å²) in [6.45, 7) is 5.50. The number of carbonyl (C=O) groups is 1. The number of hydrogen-bond acceptors (Lipinski definition) is 8. The monoisotopic (exact) mass is 592 g/mol. The number of halogens is 1. The number of nitrogens with zero attached hydrogens (tertiary/aromatic N) is 6.